The molecule has 1 N–H and O–H groups in total. The number of likely N-dealkylation sites (tertiary alicyclic amines) is 1. The van der Waals surface area contributed by atoms with E-state index in [-0.39, 0.29) is 59.7 Å². The summed E-state index contributed by atoms with van der Waals surface area (Å²) in [6.07, 6.45) is 0.464. The van der Waals surface area contributed by atoms with E-state index < -0.39 is 34.3 Å². The van der Waals surface area contributed by atoms with Crippen LogP contribution in [-0.4, -0.2) is 57.0 Å². The molecule has 8 nitrogen and oxygen atoms in total. The number of nitrogens with one attached hydrogen (secondary N) is 1. The summed E-state index contributed by atoms with van der Waals surface area (Å²) in [5, 5.41) is 7.85. The van der Waals surface area contributed by atoms with Crippen LogP contribution in [0.15, 0.2) is 30.3 Å². The zero-order valence-electron chi connectivity index (χ0n) is 28.4. The van der Waals surface area contributed by atoms with Crippen LogP contribution in [0, 0.1) is 24.0 Å². The van der Waals surface area contributed by atoms with E-state index in [1.807, 2.05) is 45.4 Å². The normalized spacial score (nSPS) is 21.7. The number of esters is 1. The summed E-state index contributed by atoms with van der Waals surface area (Å²) in [5.74, 6) is -1.08. The van der Waals surface area contributed by atoms with Crippen molar-refractivity contribution in [3.8, 4) is 0 Å². The lowest BCUT2D eigenvalue weighted by atomic mass is 9.71. The maximum Gasteiger partial charge on any atom is 0.313 e. The quantitative estimate of drug-likeness (QED) is 0.244. The summed E-state index contributed by atoms with van der Waals surface area (Å²) in [7, 11) is 0. The lowest BCUT2D eigenvalue weighted by molar-refractivity contribution is -0.172. The summed E-state index contributed by atoms with van der Waals surface area (Å²) in [4.78, 5) is 20.7. The standard InChI is InChI=1S/C35H45ClF3N5O3/c1-21-14-28(42-44(21)32(3,4)5)41-27-15-24(35(39)19-46-20-35)30(38)26(40-27)17-34(31(45)47-33(6,7)8)12-13-43(22(2)16-34)18-23-10-9-11-25(36)29(23)37/h9-11,14-15,22H,12-13,16-20H2,1-8H3,(H,40,41,42)/t22-,34?/m1/s1. The Morgan fingerprint density at radius 1 is 1.13 bits per heavy atom. The smallest absolute Gasteiger partial charge is 0.313 e. The van der Waals surface area contributed by atoms with Crippen molar-refractivity contribution in [2.45, 2.75) is 104 Å². The topological polar surface area (TPSA) is 81.5 Å². The average Bonchev–Trinajstić information content (AvgIpc) is 3.32. The van der Waals surface area contributed by atoms with Gasteiger partial charge in [-0.05, 0) is 86.9 Å². The van der Waals surface area contributed by atoms with Crippen LogP contribution >= 0.6 is 11.6 Å². The molecule has 0 spiro atoms. The van der Waals surface area contributed by atoms with Crippen LogP contribution in [-0.2, 0) is 38.4 Å². The summed E-state index contributed by atoms with van der Waals surface area (Å²) >= 11 is 6.03. The third kappa shape index (κ3) is 7.47. The fourth-order valence-corrected chi connectivity index (χ4v) is 6.69. The van der Waals surface area contributed by atoms with Gasteiger partial charge in [-0.1, -0.05) is 23.7 Å². The molecule has 0 radical (unpaired) electrons. The molecule has 0 aliphatic carbocycles. The van der Waals surface area contributed by atoms with Gasteiger partial charge in [-0.3, -0.25) is 14.4 Å². The van der Waals surface area contributed by atoms with Gasteiger partial charge in [-0.2, -0.15) is 5.10 Å². The van der Waals surface area contributed by atoms with Crippen molar-refractivity contribution < 1.29 is 27.4 Å². The molecule has 47 heavy (non-hydrogen) atoms. The van der Waals surface area contributed by atoms with E-state index in [0.717, 1.165) is 5.69 Å². The van der Waals surface area contributed by atoms with Gasteiger partial charge in [-0.15, -0.1) is 0 Å². The molecule has 5 rings (SSSR count). The summed E-state index contributed by atoms with van der Waals surface area (Å²) in [5.41, 5.74) is -3.17. The number of aromatic nitrogens is 3. The van der Waals surface area contributed by atoms with Gasteiger partial charge in [0.2, 0.25) is 0 Å². The summed E-state index contributed by atoms with van der Waals surface area (Å²) in [6, 6.07) is 7.88. The van der Waals surface area contributed by atoms with E-state index in [9.17, 15) is 9.18 Å². The Hall–Kier alpha value is -3.15. The van der Waals surface area contributed by atoms with Crippen molar-refractivity contribution in [1.82, 2.24) is 19.7 Å². The molecule has 2 aliphatic rings. The zero-order chi connectivity index (χ0) is 34.5. The molecule has 4 heterocycles. The fourth-order valence-electron chi connectivity index (χ4n) is 6.50. The third-order valence-corrected chi connectivity index (χ3v) is 9.17. The van der Waals surface area contributed by atoms with Crippen LogP contribution in [0.3, 0.4) is 0 Å². The minimum Gasteiger partial charge on any atom is -0.460 e. The van der Waals surface area contributed by atoms with Crippen molar-refractivity contribution >= 4 is 29.2 Å². The molecule has 1 aromatic carbocycles. The molecular formula is C35H45ClF3N5O3. The molecule has 2 fully saturated rings. The average molecular weight is 676 g/mol. The number of pyridine rings is 1. The van der Waals surface area contributed by atoms with Crippen LogP contribution in [0.25, 0.3) is 0 Å². The monoisotopic (exact) mass is 675 g/mol. The first-order chi connectivity index (χ1) is 21.8. The minimum atomic E-state index is -2.03. The Morgan fingerprint density at radius 3 is 2.40 bits per heavy atom. The highest BCUT2D eigenvalue weighted by Gasteiger charge is 2.49. The van der Waals surface area contributed by atoms with Crippen molar-refractivity contribution in [2.75, 3.05) is 25.1 Å². The first-order valence-corrected chi connectivity index (χ1v) is 16.4. The number of ether oxygens (including phenoxy) is 2. The molecule has 2 aromatic heterocycles. The minimum absolute atomic E-state index is 0.0453. The van der Waals surface area contributed by atoms with Crippen molar-refractivity contribution in [1.29, 1.82) is 0 Å². The number of rotatable bonds is 8. The lowest BCUT2D eigenvalue weighted by Gasteiger charge is -2.45. The van der Waals surface area contributed by atoms with Gasteiger partial charge < -0.3 is 14.8 Å². The number of alkyl halides is 1. The SMILES string of the molecule is Cc1cc(Nc2cc(C3(F)COC3)c(F)c(CC3(C(=O)OC(C)(C)C)CCN(Cc4cccc(Cl)c4F)[C@H](C)C3)n2)nn1C(C)(C)C. The molecule has 3 aromatic rings. The number of carbonyl (C=O) groups excluding carboxylic acids is 1. The number of aryl methyl sites for hydroxylation is 1. The molecule has 2 atom stereocenters. The van der Waals surface area contributed by atoms with Crippen LogP contribution in [0.1, 0.15) is 83.8 Å². The van der Waals surface area contributed by atoms with Gasteiger partial charge in [0, 0.05) is 41.9 Å². The van der Waals surface area contributed by atoms with Crippen molar-refractivity contribution in [2.24, 2.45) is 5.41 Å². The van der Waals surface area contributed by atoms with E-state index >= 15 is 8.78 Å². The van der Waals surface area contributed by atoms with E-state index in [2.05, 4.69) is 20.3 Å². The number of nitrogens with zero attached hydrogens (tertiary/aromatic N) is 4. The molecule has 1 unspecified atom stereocenters. The van der Waals surface area contributed by atoms with Crippen LogP contribution in [0.4, 0.5) is 24.8 Å². The Balaban J connectivity index is 1.51. The number of piperidine rings is 1. The van der Waals surface area contributed by atoms with Crippen molar-refractivity contribution in [3.05, 3.63) is 69.5 Å². The molecule has 0 saturated carbocycles. The predicted octanol–water partition coefficient (Wildman–Crippen LogP) is 7.77. The summed E-state index contributed by atoms with van der Waals surface area (Å²) < 4.78 is 60.0. The highest BCUT2D eigenvalue weighted by Crippen LogP contribution is 2.44. The second-order valence-corrected chi connectivity index (χ2v) is 15.5. The van der Waals surface area contributed by atoms with Gasteiger partial charge in [0.25, 0.3) is 0 Å². The van der Waals surface area contributed by atoms with Crippen LogP contribution < -0.4 is 5.32 Å². The maximum absolute atomic E-state index is 16.4. The molecule has 2 saturated heterocycles. The molecule has 12 heteroatoms. The van der Waals surface area contributed by atoms with E-state index in [0.29, 0.717) is 30.9 Å². The Morgan fingerprint density at radius 2 is 1.83 bits per heavy atom. The first-order valence-electron chi connectivity index (χ1n) is 16.0. The number of benzene rings is 1. The lowest BCUT2D eigenvalue weighted by Crippen LogP contribution is -2.51. The predicted molar refractivity (Wildman–Crippen MR) is 176 cm³/mol. The molecule has 256 valence electrons. The number of anilines is 2. The third-order valence-electron chi connectivity index (χ3n) is 8.88. The Bertz CT molecular complexity index is 1650. The van der Waals surface area contributed by atoms with Gasteiger partial charge in [0.1, 0.15) is 17.2 Å². The fraction of sp³-hybridized carbons (Fsp3) is 0.571. The molecule has 0 amide bonds. The van der Waals surface area contributed by atoms with E-state index in [4.69, 9.17) is 21.1 Å². The Labute approximate surface area is 280 Å². The van der Waals surface area contributed by atoms with Gasteiger partial charge in [0.05, 0.1) is 34.9 Å². The molecule has 0 bridgehead atoms. The molecular weight excluding hydrogens is 631 g/mol. The summed E-state index contributed by atoms with van der Waals surface area (Å²) in [6.45, 7) is 15.4. The highest BCUT2D eigenvalue weighted by molar-refractivity contribution is 6.30. The zero-order valence-corrected chi connectivity index (χ0v) is 29.2. The number of halogens is 4. The van der Waals surface area contributed by atoms with Gasteiger partial charge >= 0.3 is 5.97 Å². The van der Waals surface area contributed by atoms with Gasteiger partial charge in [-0.25, -0.2) is 18.2 Å². The second kappa shape index (κ2) is 12.7. The highest BCUT2D eigenvalue weighted by atomic mass is 35.5. The maximum atomic E-state index is 16.4. The molecule has 2 aliphatic heterocycles. The largest absolute Gasteiger partial charge is 0.460 e. The van der Waals surface area contributed by atoms with Gasteiger partial charge in [0.15, 0.2) is 17.3 Å². The number of hydrogen-bond acceptors (Lipinski definition) is 7. The first kappa shape index (κ1) is 35.2. The van der Waals surface area contributed by atoms with Crippen LogP contribution in [0.2, 0.25) is 5.02 Å². The van der Waals surface area contributed by atoms with Crippen LogP contribution in [0.5, 0.6) is 0 Å². The Kier molecular flexibility index (Phi) is 9.51. The number of carbonyl (C=O) groups is 1. The van der Waals surface area contributed by atoms with E-state index in [1.54, 1.807) is 32.9 Å². The van der Waals surface area contributed by atoms with E-state index in [1.165, 1.54) is 12.1 Å². The van der Waals surface area contributed by atoms with Crippen molar-refractivity contribution in [3.63, 3.8) is 0 Å². The number of hydrogen-bond donors (Lipinski definition) is 1. The second-order valence-electron chi connectivity index (χ2n) is 15.1.